The van der Waals surface area contributed by atoms with Gasteiger partial charge in [-0.05, 0) is 37.2 Å². The molecule has 0 unspecified atom stereocenters. The van der Waals surface area contributed by atoms with Gasteiger partial charge in [0.15, 0.2) is 0 Å². The van der Waals surface area contributed by atoms with Crippen LogP contribution < -0.4 is 5.19 Å². The van der Waals surface area contributed by atoms with E-state index in [9.17, 15) is 0 Å². The van der Waals surface area contributed by atoms with Gasteiger partial charge >= 0.3 is 0 Å². The van der Waals surface area contributed by atoms with Crippen molar-refractivity contribution in [1.29, 1.82) is 0 Å². The highest BCUT2D eigenvalue weighted by Crippen LogP contribution is 2.21. The van der Waals surface area contributed by atoms with E-state index in [0.717, 1.165) is 0 Å². The minimum absolute atomic E-state index is 1.17. The number of aryl methyl sites for hydroxylation is 2. The van der Waals surface area contributed by atoms with E-state index in [0.29, 0.717) is 0 Å². The number of hydrogen-bond acceptors (Lipinski definition) is 1. The molecule has 0 saturated carbocycles. The highest BCUT2D eigenvalue weighted by atomic mass is 28.3. The zero-order chi connectivity index (χ0) is 13.3. The zero-order valence-electron chi connectivity index (χ0n) is 11.9. The van der Waals surface area contributed by atoms with E-state index in [1.165, 1.54) is 27.6 Å². The molecule has 18 heavy (non-hydrogen) atoms. The van der Waals surface area contributed by atoms with Crippen molar-refractivity contribution in [3.63, 3.8) is 0 Å². The maximum atomic E-state index is 4.63. The van der Waals surface area contributed by atoms with Gasteiger partial charge in [-0.15, -0.1) is 0 Å². The van der Waals surface area contributed by atoms with Crippen molar-refractivity contribution in [1.82, 2.24) is 4.98 Å². The minimum atomic E-state index is -1.36. The molecular weight excluding hydrogens is 234 g/mol. The predicted octanol–water partition coefficient (Wildman–Crippen LogP) is 3.91. The largest absolute Gasteiger partial charge is 0.256 e. The monoisotopic (exact) mass is 255 g/mol. The lowest BCUT2D eigenvalue weighted by atomic mass is 10.0. The second-order valence-corrected chi connectivity index (χ2v) is 11.1. The zero-order valence-corrected chi connectivity index (χ0v) is 12.9. The molecule has 0 aliphatic carbocycles. The van der Waals surface area contributed by atoms with Gasteiger partial charge in [0.05, 0.1) is 13.8 Å². The van der Waals surface area contributed by atoms with Crippen LogP contribution in [0.4, 0.5) is 0 Å². The maximum Gasteiger partial charge on any atom is 0.0804 e. The third-order valence-corrected chi connectivity index (χ3v) is 5.13. The molecule has 0 fully saturated rings. The molecule has 0 N–H and O–H groups in total. The number of rotatable bonds is 2. The fraction of sp³-hybridized carbons (Fsp3) is 0.312. The number of hydrogen-bond donors (Lipinski definition) is 0. The molecular formula is C16H21NSi. The Morgan fingerprint density at radius 2 is 1.56 bits per heavy atom. The molecule has 0 radical (unpaired) electrons. The molecule has 1 heterocycles. The van der Waals surface area contributed by atoms with Crippen LogP contribution in [0.25, 0.3) is 11.3 Å². The molecule has 0 aliphatic rings. The van der Waals surface area contributed by atoms with E-state index < -0.39 is 8.07 Å². The Morgan fingerprint density at radius 1 is 0.944 bits per heavy atom. The summed E-state index contributed by atoms with van der Waals surface area (Å²) in [4.78, 5) is 4.63. The molecule has 0 amide bonds. The molecule has 0 atom stereocenters. The molecule has 2 rings (SSSR count). The standard InChI is InChI=1S/C16H21NSi/c1-12-9-13(2)11-14(10-12)16-15(18(3,4)5)7-6-8-17-16/h6-11H,1-5H3. The van der Waals surface area contributed by atoms with Crippen LogP contribution in [0.1, 0.15) is 11.1 Å². The summed E-state index contributed by atoms with van der Waals surface area (Å²) >= 11 is 0. The summed E-state index contributed by atoms with van der Waals surface area (Å²) in [5, 5.41) is 1.44. The van der Waals surface area contributed by atoms with Gasteiger partial charge in [-0.2, -0.15) is 0 Å². The summed E-state index contributed by atoms with van der Waals surface area (Å²) in [5.74, 6) is 0. The third-order valence-electron chi connectivity index (χ3n) is 3.11. The Bertz CT molecular complexity index is 547. The second kappa shape index (κ2) is 4.69. The third kappa shape index (κ3) is 2.70. The molecule has 1 aromatic carbocycles. The van der Waals surface area contributed by atoms with Gasteiger partial charge in [0, 0.05) is 11.8 Å². The summed E-state index contributed by atoms with van der Waals surface area (Å²) in [5.41, 5.74) is 5.03. The van der Waals surface area contributed by atoms with Crippen molar-refractivity contribution in [3.8, 4) is 11.3 Å². The molecule has 94 valence electrons. The Balaban J connectivity index is 2.64. The van der Waals surface area contributed by atoms with Crippen molar-refractivity contribution in [3.05, 3.63) is 47.7 Å². The van der Waals surface area contributed by atoms with Crippen LogP contribution in [-0.4, -0.2) is 13.1 Å². The fourth-order valence-electron chi connectivity index (χ4n) is 2.35. The van der Waals surface area contributed by atoms with Crippen molar-refractivity contribution in [2.45, 2.75) is 33.5 Å². The summed E-state index contributed by atoms with van der Waals surface area (Å²) in [6, 6.07) is 11.0. The van der Waals surface area contributed by atoms with Gasteiger partial charge in [-0.25, -0.2) is 0 Å². The van der Waals surface area contributed by atoms with Crippen LogP contribution in [0.3, 0.4) is 0 Å². The fourth-order valence-corrected chi connectivity index (χ4v) is 3.87. The lowest BCUT2D eigenvalue weighted by Gasteiger charge is -2.20. The SMILES string of the molecule is Cc1cc(C)cc(-c2ncccc2[Si](C)(C)C)c1. The first-order valence-corrected chi connectivity index (χ1v) is 9.92. The smallest absolute Gasteiger partial charge is 0.0804 e. The average molecular weight is 255 g/mol. The van der Waals surface area contributed by atoms with Gasteiger partial charge in [0.25, 0.3) is 0 Å². The van der Waals surface area contributed by atoms with Gasteiger partial charge in [0.1, 0.15) is 0 Å². The highest BCUT2D eigenvalue weighted by Gasteiger charge is 2.21. The normalized spacial score (nSPS) is 11.6. The number of nitrogens with zero attached hydrogens (tertiary/aromatic N) is 1. The number of pyridine rings is 1. The lowest BCUT2D eigenvalue weighted by Crippen LogP contribution is -2.39. The van der Waals surface area contributed by atoms with Crippen LogP contribution in [0.2, 0.25) is 19.6 Å². The van der Waals surface area contributed by atoms with Crippen LogP contribution in [0, 0.1) is 13.8 Å². The topological polar surface area (TPSA) is 12.9 Å². The van der Waals surface area contributed by atoms with E-state index in [2.05, 4.69) is 68.8 Å². The van der Waals surface area contributed by atoms with Crippen molar-refractivity contribution >= 4 is 13.3 Å². The second-order valence-electron chi connectivity index (χ2n) is 6.03. The first-order chi connectivity index (χ1) is 8.38. The van der Waals surface area contributed by atoms with Crippen LogP contribution in [0.15, 0.2) is 36.5 Å². The van der Waals surface area contributed by atoms with E-state index in [4.69, 9.17) is 0 Å². The Labute approximate surface area is 111 Å². The Hall–Kier alpha value is -1.41. The van der Waals surface area contributed by atoms with Crippen molar-refractivity contribution < 1.29 is 0 Å². The van der Waals surface area contributed by atoms with Gasteiger partial charge in [0.2, 0.25) is 0 Å². The number of benzene rings is 1. The first kappa shape index (κ1) is 13.0. The molecule has 0 spiro atoms. The van der Waals surface area contributed by atoms with E-state index in [1.54, 1.807) is 0 Å². The first-order valence-electron chi connectivity index (χ1n) is 6.42. The van der Waals surface area contributed by atoms with E-state index in [-0.39, 0.29) is 0 Å². The Kier molecular flexibility index (Phi) is 3.40. The molecule has 1 aromatic heterocycles. The van der Waals surface area contributed by atoms with E-state index >= 15 is 0 Å². The number of aromatic nitrogens is 1. The highest BCUT2D eigenvalue weighted by molar-refractivity contribution is 6.89. The van der Waals surface area contributed by atoms with Crippen molar-refractivity contribution in [2.24, 2.45) is 0 Å². The predicted molar refractivity (Wildman–Crippen MR) is 82.1 cm³/mol. The molecule has 2 aromatic rings. The summed E-state index contributed by atoms with van der Waals surface area (Å²) in [7, 11) is -1.36. The minimum Gasteiger partial charge on any atom is -0.256 e. The molecule has 0 bridgehead atoms. The Morgan fingerprint density at radius 3 is 2.11 bits per heavy atom. The lowest BCUT2D eigenvalue weighted by molar-refractivity contribution is 1.31. The van der Waals surface area contributed by atoms with Crippen LogP contribution in [-0.2, 0) is 0 Å². The van der Waals surface area contributed by atoms with Gasteiger partial charge in [-0.3, -0.25) is 4.98 Å². The molecule has 0 saturated heterocycles. The van der Waals surface area contributed by atoms with E-state index in [1.807, 2.05) is 6.20 Å². The summed E-state index contributed by atoms with van der Waals surface area (Å²) in [6.07, 6.45) is 1.90. The summed E-state index contributed by atoms with van der Waals surface area (Å²) in [6.45, 7) is 11.4. The molecule has 0 aliphatic heterocycles. The average Bonchev–Trinajstić information content (AvgIpc) is 2.26. The quantitative estimate of drug-likeness (QED) is 0.741. The van der Waals surface area contributed by atoms with Crippen LogP contribution in [0.5, 0.6) is 0 Å². The maximum absolute atomic E-state index is 4.63. The summed E-state index contributed by atoms with van der Waals surface area (Å²) < 4.78 is 0. The van der Waals surface area contributed by atoms with Crippen molar-refractivity contribution in [2.75, 3.05) is 0 Å². The van der Waals surface area contributed by atoms with Crippen LogP contribution >= 0.6 is 0 Å². The molecule has 2 heteroatoms. The van der Waals surface area contributed by atoms with Gasteiger partial charge < -0.3 is 0 Å². The molecule has 1 nitrogen and oxygen atoms in total. The van der Waals surface area contributed by atoms with Gasteiger partial charge in [-0.1, -0.05) is 42.9 Å².